The second-order valence-electron chi connectivity index (χ2n) is 2.68. The molecule has 0 atom stereocenters. The van der Waals surface area contributed by atoms with Crippen LogP contribution in [0, 0.1) is 5.82 Å². The Morgan fingerprint density at radius 1 is 1.31 bits per heavy atom. The Morgan fingerprint density at radius 2 is 1.94 bits per heavy atom. The molecule has 8 heteroatoms. The summed E-state index contributed by atoms with van der Waals surface area (Å²) in [7, 11) is 0. The van der Waals surface area contributed by atoms with Crippen LogP contribution in [0.3, 0.4) is 0 Å². The first-order valence-corrected chi connectivity index (χ1v) is 3.96. The van der Waals surface area contributed by atoms with Gasteiger partial charge in [0.15, 0.2) is 0 Å². The van der Waals surface area contributed by atoms with E-state index in [9.17, 15) is 9.18 Å². The van der Waals surface area contributed by atoms with Crippen molar-refractivity contribution in [2.45, 2.75) is 0 Å². The van der Waals surface area contributed by atoms with Gasteiger partial charge in [0.2, 0.25) is 0 Å². The molecule has 2 rings (SSSR count). The van der Waals surface area contributed by atoms with Crippen LogP contribution < -0.4 is 0 Å². The van der Waals surface area contributed by atoms with Crippen molar-refractivity contribution in [3.63, 3.8) is 0 Å². The van der Waals surface area contributed by atoms with Gasteiger partial charge in [-0.25, -0.2) is 9.18 Å². The molecule has 16 heavy (non-hydrogen) atoms. The standard InChI is InChI=1S/C8H5FN4O2.Na.H/c9-5-1-3-6(4-2-5)13-11-7(8(14)15)10-12-13;;/h1-4H,(H,14,15);;. The summed E-state index contributed by atoms with van der Waals surface area (Å²) in [4.78, 5) is 11.5. The van der Waals surface area contributed by atoms with Gasteiger partial charge in [-0.3, -0.25) is 0 Å². The SMILES string of the molecule is O=C(O)c1nnn(-c2ccc(F)cc2)n1.[NaH]. The van der Waals surface area contributed by atoms with Gasteiger partial charge in [-0.15, -0.1) is 15.0 Å². The second kappa shape index (κ2) is 5.15. The van der Waals surface area contributed by atoms with Crippen molar-refractivity contribution >= 4 is 35.5 Å². The summed E-state index contributed by atoms with van der Waals surface area (Å²) in [6, 6.07) is 5.28. The van der Waals surface area contributed by atoms with Crippen molar-refractivity contribution in [1.82, 2.24) is 20.2 Å². The van der Waals surface area contributed by atoms with Crippen LogP contribution in [-0.4, -0.2) is 60.8 Å². The summed E-state index contributed by atoms with van der Waals surface area (Å²) in [5.74, 6) is -2.06. The van der Waals surface area contributed by atoms with Crippen molar-refractivity contribution in [3.8, 4) is 5.69 Å². The van der Waals surface area contributed by atoms with Crippen molar-refractivity contribution < 1.29 is 14.3 Å². The number of hydrogen-bond acceptors (Lipinski definition) is 4. The molecule has 0 bridgehead atoms. The van der Waals surface area contributed by atoms with Crippen LogP contribution >= 0.6 is 0 Å². The van der Waals surface area contributed by atoms with E-state index in [0.717, 1.165) is 4.80 Å². The predicted molar refractivity (Wildman–Crippen MR) is 53.2 cm³/mol. The average Bonchev–Trinajstić information content (AvgIpc) is 2.68. The number of carboxylic acid groups (broad SMARTS) is 1. The molecule has 1 aromatic heterocycles. The molecule has 0 aliphatic heterocycles. The fourth-order valence-electron chi connectivity index (χ4n) is 0.984. The van der Waals surface area contributed by atoms with E-state index < -0.39 is 17.6 Å². The number of rotatable bonds is 2. The molecule has 6 nitrogen and oxygen atoms in total. The number of hydrogen-bond donors (Lipinski definition) is 1. The minimum absolute atomic E-state index is 0. The van der Waals surface area contributed by atoms with Crippen LogP contribution in [-0.2, 0) is 0 Å². The van der Waals surface area contributed by atoms with Crippen LogP contribution in [0.4, 0.5) is 4.39 Å². The maximum atomic E-state index is 12.6. The first-order chi connectivity index (χ1) is 7.16. The molecular weight excluding hydrogens is 226 g/mol. The third-order valence-electron chi connectivity index (χ3n) is 1.66. The zero-order chi connectivity index (χ0) is 10.8. The molecule has 2 aromatic rings. The monoisotopic (exact) mass is 232 g/mol. The van der Waals surface area contributed by atoms with E-state index in [-0.39, 0.29) is 29.6 Å². The van der Waals surface area contributed by atoms with E-state index in [1.165, 1.54) is 24.3 Å². The van der Waals surface area contributed by atoms with E-state index in [1.54, 1.807) is 0 Å². The molecule has 0 aliphatic rings. The van der Waals surface area contributed by atoms with Gasteiger partial charge in [-0.05, 0) is 29.5 Å². The molecule has 0 amide bonds. The predicted octanol–water partition coefficient (Wildman–Crippen LogP) is -0.149. The summed E-state index contributed by atoms with van der Waals surface area (Å²) >= 11 is 0. The summed E-state index contributed by atoms with van der Waals surface area (Å²) in [5, 5.41) is 18.9. The summed E-state index contributed by atoms with van der Waals surface area (Å²) in [5.41, 5.74) is 0.441. The Bertz CT molecular complexity index is 499. The zero-order valence-electron chi connectivity index (χ0n) is 7.33. The van der Waals surface area contributed by atoms with Crippen molar-refractivity contribution in [3.05, 3.63) is 35.9 Å². The second-order valence-corrected chi connectivity index (χ2v) is 2.68. The molecule has 0 radical (unpaired) electrons. The Kier molecular flexibility index (Phi) is 4.11. The molecule has 0 unspecified atom stereocenters. The zero-order valence-corrected chi connectivity index (χ0v) is 7.33. The van der Waals surface area contributed by atoms with E-state index in [0.29, 0.717) is 5.69 Å². The van der Waals surface area contributed by atoms with Gasteiger partial charge in [-0.2, -0.15) is 0 Å². The summed E-state index contributed by atoms with van der Waals surface area (Å²) < 4.78 is 12.6. The van der Waals surface area contributed by atoms with E-state index in [2.05, 4.69) is 15.4 Å². The molecule has 1 N–H and O–H groups in total. The first-order valence-electron chi connectivity index (χ1n) is 3.96. The molecule has 0 saturated heterocycles. The molecule has 78 valence electrons. The van der Waals surface area contributed by atoms with Gasteiger partial charge in [0.1, 0.15) is 5.82 Å². The van der Waals surface area contributed by atoms with Crippen molar-refractivity contribution in [2.75, 3.05) is 0 Å². The van der Waals surface area contributed by atoms with Crippen LogP contribution in [0.25, 0.3) is 5.69 Å². The fourth-order valence-corrected chi connectivity index (χ4v) is 0.984. The Morgan fingerprint density at radius 3 is 2.44 bits per heavy atom. The molecular formula is C8H6FN4NaO2. The van der Waals surface area contributed by atoms with Crippen LogP contribution in [0.15, 0.2) is 24.3 Å². The summed E-state index contributed by atoms with van der Waals surface area (Å²) in [6.07, 6.45) is 0. The number of benzene rings is 1. The van der Waals surface area contributed by atoms with Crippen LogP contribution in [0.1, 0.15) is 10.6 Å². The number of nitrogens with zero attached hydrogens (tertiary/aromatic N) is 4. The molecule has 1 aromatic carbocycles. The van der Waals surface area contributed by atoms with E-state index >= 15 is 0 Å². The number of halogens is 1. The normalized spacial score (nSPS) is 9.56. The Labute approximate surface area is 111 Å². The molecule has 1 heterocycles. The minimum atomic E-state index is -1.26. The van der Waals surface area contributed by atoms with Gasteiger partial charge < -0.3 is 5.11 Å². The van der Waals surface area contributed by atoms with Crippen molar-refractivity contribution in [1.29, 1.82) is 0 Å². The number of carboxylic acids is 1. The quantitative estimate of drug-likeness (QED) is 0.728. The van der Waals surface area contributed by atoms with E-state index in [4.69, 9.17) is 5.11 Å². The third kappa shape index (κ3) is 2.63. The van der Waals surface area contributed by atoms with Crippen LogP contribution in [0.5, 0.6) is 0 Å². The van der Waals surface area contributed by atoms with Gasteiger partial charge in [0.05, 0.1) is 5.69 Å². The number of tetrazole rings is 1. The summed E-state index contributed by atoms with van der Waals surface area (Å²) in [6.45, 7) is 0. The van der Waals surface area contributed by atoms with Gasteiger partial charge in [0, 0.05) is 0 Å². The Hall–Kier alpha value is -1.31. The van der Waals surface area contributed by atoms with Gasteiger partial charge in [-0.1, -0.05) is 0 Å². The van der Waals surface area contributed by atoms with Crippen molar-refractivity contribution in [2.24, 2.45) is 0 Å². The molecule has 0 fully saturated rings. The first kappa shape index (κ1) is 12.8. The van der Waals surface area contributed by atoms with Gasteiger partial charge >= 0.3 is 35.5 Å². The van der Waals surface area contributed by atoms with E-state index in [1.807, 2.05) is 0 Å². The number of aromatic nitrogens is 4. The average molecular weight is 232 g/mol. The Balaban J connectivity index is 0.00000128. The molecule has 0 aliphatic carbocycles. The topological polar surface area (TPSA) is 80.9 Å². The number of aromatic carboxylic acids is 1. The van der Waals surface area contributed by atoms with Crippen LogP contribution in [0.2, 0.25) is 0 Å². The third-order valence-corrected chi connectivity index (χ3v) is 1.66. The number of carbonyl (C=O) groups is 1. The van der Waals surface area contributed by atoms with Gasteiger partial charge in [0.25, 0.3) is 5.82 Å². The fraction of sp³-hybridized carbons (Fsp3) is 0. The maximum absolute atomic E-state index is 12.6. The molecule has 0 saturated carbocycles. The molecule has 0 spiro atoms.